The summed E-state index contributed by atoms with van der Waals surface area (Å²) in [5.41, 5.74) is 1.78. The molecule has 1 unspecified atom stereocenters. The third kappa shape index (κ3) is 8.59. The molecule has 1 heterocycles. The van der Waals surface area contributed by atoms with Gasteiger partial charge in [-0.15, -0.1) is 0 Å². The molecule has 2 aromatic carbocycles. The average molecular weight is 556 g/mol. The molecule has 0 spiro atoms. The third-order valence-electron chi connectivity index (χ3n) is 7.09. The summed E-state index contributed by atoms with van der Waals surface area (Å²) in [4.78, 5) is 53.1. The highest BCUT2D eigenvalue weighted by molar-refractivity contribution is 5.84. The van der Waals surface area contributed by atoms with Gasteiger partial charge in [-0.2, -0.15) is 0 Å². The fourth-order valence-electron chi connectivity index (χ4n) is 4.94. The van der Waals surface area contributed by atoms with Crippen molar-refractivity contribution in [2.24, 2.45) is 0 Å². The molecule has 2 atom stereocenters. The van der Waals surface area contributed by atoms with E-state index in [2.05, 4.69) is 5.32 Å². The number of rotatable bonds is 14. The molecule has 216 valence electrons. The van der Waals surface area contributed by atoms with Crippen molar-refractivity contribution in [1.82, 2.24) is 25.1 Å². The maximum Gasteiger partial charge on any atom is 0.333 e. The van der Waals surface area contributed by atoms with E-state index in [1.807, 2.05) is 36.4 Å². The molecule has 1 aliphatic heterocycles. The first-order valence-electron chi connectivity index (χ1n) is 13.4. The maximum atomic E-state index is 13.5. The number of aldehydes is 1. The number of likely N-dealkylation sites (N-methyl/N-ethyl adjacent to an activating group) is 2. The molecule has 1 fully saturated rings. The first-order chi connectivity index (χ1) is 19.2. The van der Waals surface area contributed by atoms with Crippen LogP contribution in [-0.4, -0.2) is 95.1 Å². The fraction of sp³-hybridized carbons (Fsp3) is 0.448. The Bertz CT molecular complexity index is 1150. The van der Waals surface area contributed by atoms with E-state index in [-0.39, 0.29) is 44.2 Å². The fourth-order valence-corrected chi connectivity index (χ4v) is 4.94. The Morgan fingerprint density at radius 2 is 1.85 bits per heavy atom. The van der Waals surface area contributed by atoms with E-state index in [4.69, 9.17) is 0 Å². The molecular formula is C29H38FN5O5. The van der Waals surface area contributed by atoms with Crippen molar-refractivity contribution in [1.29, 1.82) is 0 Å². The summed E-state index contributed by atoms with van der Waals surface area (Å²) < 4.78 is 13.5. The second-order valence-electron chi connectivity index (χ2n) is 9.96. The highest BCUT2D eigenvalue weighted by atomic mass is 19.1. The van der Waals surface area contributed by atoms with Crippen molar-refractivity contribution in [3.8, 4) is 0 Å². The molecule has 3 amide bonds. The van der Waals surface area contributed by atoms with E-state index < -0.39 is 24.2 Å². The number of aliphatic carboxylic acids is 1. The predicted octanol–water partition coefficient (Wildman–Crippen LogP) is 2.74. The van der Waals surface area contributed by atoms with Crippen LogP contribution in [0.15, 0.2) is 54.6 Å². The van der Waals surface area contributed by atoms with Crippen LogP contribution in [0, 0.1) is 5.82 Å². The smallest absolute Gasteiger partial charge is 0.333 e. The summed E-state index contributed by atoms with van der Waals surface area (Å²) in [5, 5.41) is 15.1. The monoisotopic (exact) mass is 555 g/mol. The Balaban J connectivity index is 1.77. The Kier molecular flexibility index (Phi) is 11.6. The standard InChI is InChI=1S/C29H38FN5O5/c1-32(17-18-36)35(29(40)31-20-23-10-4-3-5-11-23)26-21-34(28(39)25(33(26)2)14-15-27(37)38)16-7-6-9-22-12-8-13-24(30)19-22/h3-5,8,10-13,18-19,25-26H,6-7,9,14-17,20-21H2,1-2H3,(H,31,40)(H,37,38)/t25?,26-/m0/s1. The van der Waals surface area contributed by atoms with Crippen molar-refractivity contribution in [2.75, 3.05) is 33.7 Å². The number of aryl methyl sites for hydroxylation is 1. The van der Waals surface area contributed by atoms with Gasteiger partial charge in [-0.25, -0.2) is 19.2 Å². The minimum absolute atomic E-state index is 0.0511. The molecule has 1 aliphatic rings. The van der Waals surface area contributed by atoms with Gasteiger partial charge in [0.15, 0.2) is 0 Å². The lowest BCUT2D eigenvalue weighted by molar-refractivity contribution is -0.158. The molecule has 10 nitrogen and oxygen atoms in total. The normalized spacial score (nSPS) is 17.6. The van der Waals surface area contributed by atoms with E-state index in [9.17, 15) is 28.7 Å². The van der Waals surface area contributed by atoms with Gasteiger partial charge in [0.25, 0.3) is 0 Å². The number of unbranched alkanes of at least 4 members (excludes halogenated alkanes) is 1. The highest BCUT2D eigenvalue weighted by Crippen LogP contribution is 2.24. The molecule has 0 aromatic heterocycles. The average Bonchev–Trinajstić information content (AvgIpc) is 2.92. The number of hydrogen-bond donors (Lipinski definition) is 2. The van der Waals surface area contributed by atoms with Gasteiger partial charge in [0.2, 0.25) is 5.91 Å². The van der Waals surface area contributed by atoms with E-state index in [0.29, 0.717) is 25.7 Å². The Labute approximate surface area is 234 Å². The summed E-state index contributed by atoms with van der Waals surface area (Å²) in [6.45, 7) is 0.803. The van der Waals surface area contributed by atoms with Crippen molar-refractivity contribution in [3.63, 3.8) is 0 Å². The van der Waals surface area contributed by atoms with Gasteiger partial charge in [0.1, 0.15) is 18.3 Å². The number of amides is 3. The minimum Gasteiger partial charge on any atom is -0.481 e. The topological polar surface area (TPSA) is 114 Å². The van der Waals surface area contributed by atoms with Crippen LogP contribution in [0.5, 0.6) is 0 Å². The van der Waals surface area contributed by atoms with E-state index in [1.54, 1.807) is 30.0 Å². The molecule has 0 bridgehead atoms. The number of carboxylic acids is 1. The van der Waals surface area contributed by atoms with Crippen LogP contribution in [0.3, 0.4) is 0 Å². The number of nitrogens with one attached hydrogen (secondary N) is 1. The predicted molar refractivity (Wildman–Crippen MR) is 147 cm³/mol. The Hall–Kier alpha value is -3.83. The molecule has 0 radical (unpaired) electrons. The number of piperazine rings is 1. The molecule has 11 heteroatoms. The zero-order valence-corrected chi connectivity index (χ0v) is 23.0. The maximum absolute atomic E-state index is 13.5. The Morgan fingerprint density at radius 3 is 2.52 bits per heavy atom. The van der Waals surface area contributed by atoms with E-state index >= 15 is 0 Å². The second kappa shape index (κ2) is 15.1. The number of carboxylic acid groups (broad SMARTS) is 1. The van der Waals surface area contributed by atoms with E-state index in [0.717, 1.165) is 17.5 Å². The second-order valence-corrected chi connectivity index (χ2v) is 9.96. The summed E-state index contributed by atoms with van der Waals surface area (Å²) in [6, 6.07) is 14.6. The van der Waals surface area contributed by atoms with Crippen molar-refractivity contribution < 1.29 is 28.7 Å². The molecule has 2 aromatic rings. The zero-order valence-electron chi connectivity index (χ0n) is 23.0. The van der Waals surface area contributed by atoms with Crippen LogP contribution >= 0.6 is 0 Å². The van der Waals surface area contributed by atoms with Gasteiger partial charge in [-0.1, -0.05) is 42.5 Å². The van der Waals surface area contributed by atoms with Crippen LogP contribution in [0.2, 0.25) is 0 Å². The number of hydrazine groups is 1. The minimum atomic E-state index is -1.01. The lowest BCUT2D eigenvalue weighted by atomic mass is 10.0. The van der Waals surface area contributed by atoms with Crippen LogP contribution in [-0.2, 0) is 27.3 Å². The third-order valence-corrected chi connectivity index (χ3v) is 7.09. The first-order valence-corrected chi connectivity index (χ1v) is 13.4. The molecule has 1 saturated heterocycles. The zero-order chi connectivity index (χ0) is 29.1. The quantitative estimate of drug-likeness (QED) is 0.209. The molecule has 0 aliphatic carbocycles. The van der Waals surface area contributed by atoms with Crippen LogP contribution < -0.4 is 5.32 Å². The molecular weight excluding hydrogens is 517 g/mol. The van der Waals surface area contributed by atoms with E-state index in [1.165, 1.54) is 22.2 Å². The van der Waals surface area contributed by atoms with Gasteiger partial charge >= 0.3 is 12.0 Å². The Morgan fingerprint density at radius 1 is 1.12 bits per heavy atom. The lowest BCUT2D eigenvalue weighted by Gasteiger charge is -2.50. The van der Waals surface area contributed by atoms with Crippen LogP contribution in [0.4, 0.5) is 9.18 Å². The van der Waals surface area contributed by atoms with Gasteiger partial charge < -0.3 is 20.1 Å². The SMILES string of the molecule is CN1C(CCC(=O)O)C(=O)N(CCCCc2cccc(F)c2)C[C@@H]1N(C(=O)NCc1ccccc1)N(C)CC=O. The number of nitrogens with zero attached hydrogens (tertiary/aromatic N) is 4. The number of hydrogen-bond acceptors (Lipinski definition) is 6. The number of carbonyl (C=O) groups excluding carboxylic acids is 3. The van der Waals surface area contributed by atoms with Gasteiger partial charge in [0, 0.05) is 26.6 Å². The van der Waals surface area contributed by atoms with Crippen molar-refractivity contribution in [3.05, 3.63) is 71.5 Å². The molecule has 2 N–H and O–H groups in total. The summed E-state index contributed by atoms with van der Waals surface area (Å²) in [5.74, 6) is -1.50. The van der Waals surface area contributed by atoms with Gasteiger partial charge in [-0.05, 0) is 56.0 Å². The van der Waals surface area contributed by atoms with Crippen molar-refractivity contribution >= 4 is 24.2 Å². The summed E-state index contributed by atoms with van der Waals surface area (Å²) in [7, 11) is 3.32. The van der Waals surface area contributed by atoms with Gasteiger partial charge in [-0.3, -0.25) is 14.5 Å². The molecule has 0 saturated carbocycles. The van der Waals surface area contributed by atoms with Gasteiger partial charge in [0.05, 0.1) is 19.1 Å². The van der Waals surface area contributed by atoms with Crippen LogP contribution in [0.1, 0.15) is 36.8 Å². The largest absolute Gasteiger partial charge is 0.481 e. The molecule has 40 heavy (non-hydrogen) atoms. The number of benzene rings is 2. The molecule has 3 rings (SSSR count). The summed E-state index contributed by atoms with van der Waals surface area (Å²) >= 11 is 0. The number of urea groups is 1. The lowest BCUT2D eigenvalue weighted by Crippen LogP contribution is -2.69. The number of halogens is 1. The van der Waals surface area contributed by atoms with Crippen molar-refractivity contribution in [2.45, 2.75) is 50.9 Å². The summed E-state index contributed by atoms with van der Waals surface area (Å²) in [6.07, 6.45) is 1.96. The first kappa shape index (κ1) is 30.7. The highest BCUT2D eigenvalue weighted by Gasteiger charge is 2.43. The number of carbonyl (C=O) groups is 4. The van der Waals surface area contributed by atoms with Crippen LogP contribution in [0.25, 0.3) is 0 Å².